The van der Waals surface area contributed by atoms with Gasteiger partial charge in [-0.05, 0) is 11.1 Å². The van der Waals surface area contributed by atoms with Gasteiger partial charge in [0.25, 0.3) is 0 Å². The third-order valence-corrected chi connectivity index (χ3v) is 1.52. The predicted molar refractivity (Wildman–Crippen MR) is 47.8 cm³/mol. The molecule has 0 rings (SSSR count). The largest absolute Gasteiger partial charge is 0.387 e. The number of nitrogens with one attached hydrogen (secondary N) is 1. The van der Waals surface area contributed by atoms with E-state index in [0.29, 0.717) is 6.21 Å². The fraction of sp³-hybridized carbons (Fsp3) is 0.800. The Balaban J connectivity index is 4.71. The Kier molecular flexibility index (Phi) is 5.05. The summed E-state index contributed by atoms with van der Waals surface area (Å²) in [5, 5.41) is 31.6. The van der Waals surface area contributed by atoms with Gasteiger partial charge in [0.05, 0.1) is 13.1 Å². The molecule has 9 nitrogen and oxygen atoms in total. The van der Waals surface area contributed by atoms with Gasteiger partial charge in [-0.25, -0.2) is 0 Å². The molecule has 0 aromatic carbocycles. The molecule has 0 radical (unpaired) electrons. The van der Waals surface area contributed by atoms with E-state index in [9.17, 15) is 10.2 Å². The van der Waals surface area contributed by atoms with Crippen molar-refractivity contribution in [2.75, 3.05) is 13.1 Å². The summed E-state index contributed by atoms with van der Waals surface area (Å²) >= 11 is 0. The van der Waals surface area contributed by atoms with Crippen LogP contribution < -0.4 is 0 Å². The molecule has 0 aliphatic carbocycles. The Morgan fingerprint density at radius 3 is 2.07 bits per heavy atom. The third-order valence-electron chi connectivity index (χ3n) is 1.52. The van der Waals surface area contributed by atoms with E-state index in [0.717, 1.165) is 0 Å². The Bertz CT molecular complexity index is 270. The molecule has 76 valence electrons. The average molecular weight is 199 g/mol. The van der Waals surface area contributed by atoms with Crippen LogP contribution in [-0.4, -0.2) is 41.2 Å². The molecule has 0 aliphatic heterocycles. The lowest BCUT2D eigenvalue weighted by atomic mass is 9.98. The van der Waals surface area contributed by atoms with Crippen LogP contribution in [0.5, 0.6) is 0 Å². The Morgan fingerprint density at radius 2 is 1.79 bits per heavy atom. The number of aliphatic hydroxyl groups is 2. The molecular formula is C5H9N7O2. The van der Waals surface area contributed by atoms with Gasteiger partial charge in [0.2, 0.25) is 0 Å². The van der Waals surface area contributed by atoms with Gasteiger partial charge in [0, 0.05) is 16.0 Å². The predicted octanol–water partition coefficient (Wildman–Crippen LogP) is 0.349. The van der Waals surface area contributed by atoms with Crippen molar-refractivity contribution in [2.45, 2.75) is 11.7 Å². The summed E-state index contributed by atoms with van der Waals surface area (Å²) in [5.41, 5.74) is 14.1. The molecule has 0 saturated heterocycles. The minimum absolute atomic E-state index is 0.473. The summed E-state index contributed by atoms with van der Waals surface area (Å²) in [5.74, 6) is 0. The van der Waals surface area contributed by atoms with E-state index in [2.05, 4.69) is 20.1 Å². The quantitative estimate of drug-likeness (QED) is 0.243. The number of hydrogen-bond acceptors (Lipinski definition) is 5. The lowest BCUT2D eigenvalue weighted by Gasteiger charge is -2.27. The lowest BCUT2D eigenvalue weighted by Crippen LogP contribution is -2.48. The highest BCUT2D eigenvalue weighted by atomic mass is 16.3. The van der Waals surface area contributed by atoms with Crippen LogP contribution >= 0.6 is 0 Å². The van der Waals surface area contributed by atoms with Crippen LogP contribution in [-0.2, 0) is 0 Å². The zero-order valence-corrected chi connectivity index (χ0v) is 7.15. The smallest absolute Gasteiger partial charge is 0.117 e. The van der Waals surface area contributed by atoms with Gasteiger partial charge < -0.3 is 15.6 Å². The highest BCUT2D eigenvalue weighted by Crippen LogP contribution is 2.11. The number of nitrogens with zero attached hydrogens (tertiary/aromatic N) is 6. The van der Waals surface area contributed by atoms with Gasteiger partial charge in [0.1, 0.15) is 11.7 Å². The van der Waals surface area contributed by atoms with Crippen molar-refractivity contribution in [3.8, 4) is 0 Å². The van der Waals surface area contributed by atoms with Crippen molar-refractivity contribution in [3.63, 3.8) is 0 Å². The maximum Gasteiger partial charge on any atom is 0.117 e. The first-order valence-electron chi connectivity index (χ1n) is 3.53. The van der Waals surface area contributed by atoms with Crippen molar-refractivity contribution in [1.29, 1.82) is 5.41 Å². The summed E-state index contributed by atoms with van der Waals surface area (Å²) in [4.78, 5) is 4.78. The number of aliphatic hydroxyl groups excluding tert-OH is 1. The van der Waals surface area contributed by atoms with Crippen LogP contribution in [0.3, 0.4) is 0 Å². The van der Waals surface area contributed by atoms with Crippen molar-refractivity contribution in [2.24, 2.45) is 10.2 Å². The standard InChI is InChI=1S/C5H9N7O2/c6-1-4(13)5(14,2-9-11-7)3-10-12-8/h1,4,6,13-14H,2-3H2. The molecule has 14 heavy (non-hydrogen) atoms. The van der Waals surface area contributed by atoms with Crippen molar-refractivity contribution < 1.29 is 10.2 Å². The summed E-state index contributed by atoms with van der Waals surface area (Å²) in [6.45, 7) is -0.946. The number of rotatable bonds is 6. The first kappa shape index (κ1) is 12.2. The molecule has 1 unspecified atom stereocenters. The molecule has 0 amide bonds. The fourth-order valence-corrected chi connectivity index (χ4v) is 0.700. The highest BCUT2D eigenvalue weighted by molar-refractivity contribution is 5.61. The molecule has 1 atom stereocenters. The molecule has 0 spiro atoms. The molecule has 9 heteroatoms. The second kappa shape index (κ2) is 5.79. The molecule has 0 aliphatic rings. The minimum atomic E-state index is -1.92. The van der Waals surface area contributed by atoms with Crippen LogP contribution in [0.15, 0.2) is 10.2 Å². The first-order valence-corrected chi connectivity index (χ1v) is 3.53. The van der Waals surface area contributed by atoms with E-state index >= 15 is 0 Å². The second-order valence-corrected chi connectivity index (χ2v) is 2.49. The fourth-order valence-electron chi connectivity index (χ4n) is 0.700. The molecule has 0 aromatic rings. The van der Waals surface area contributed by atoms with Crippen LogP contribution in [0, 0.1) is 5.41 Å². The van der Waals surface area contributed by atoms with E-state index in [1.807, 2.05) is 0 Å². The normalized spacial score (nSPS) is 15.6. The highest BCUT2D eigenvalue weighted by Gasteiger charge is 2.33. The van der Waals surface area contributed by atoms with E-state index in [1.54, 1.807) is 0 Å². The molecule has 3 N–H and O–H groups in total. The minimum Gasteiger partial charge on any atom is -0.387 e. The van der Waals surface area contributed by atoms with Crippen molar-refractivity contribution in [3.05, 3.63) is 20.9 Å². The lowest BCUT2D eigenvalue weighted by molar-refractivity contribution is -0.0259. The maximum atomic E-state index is 9.61. The van der Waals surface area contributed by atoms with Gasteiger partial charge >= 0.3 is 0 Å². The molecule has 0 aromatic heterocycles. The third kappa shape index (κ3) is 3.30. The van der Waals surface area contributed by atoms with Crippen molar-refractivity contribution >= 4 is 6.21 Å². The van der Waals surface area contributed by atoms with Crippen LogP contribution in [0.25, 0.3) is 20.9 Å². The molecule has 0 heterocycles. The maximum absolute atomic E-state index is 9.61. The van der Waals surface area contributed by atoms with E-state index in [1.165, 1.54) is 0 Å². The molecular weight excluding hydrogens is 190 g/mol. The van der Waals surface area contributed by atoms with E-state index in [4.69, 9.17) is 16.5 Å². The monoisotopic (exact) mass is 199 g/mol. The number of azide groups is 2. The topological polar surface area (TPSA) is 162 Å². The average Bonchev–Trinajstić information content (AvgIpc) is 2.22. The zero-order chi connectivity index (χ0) is 11.0. The Labute approximate surface area is 78.7 Å². The zero-order valence-electron chi connectivity index (χ0n) is 7.15. The van der Waals surface area contributed by atoms with Crippen molar-refractivity contribution in [1.82, 2.24) is 0 Å². The summed E-state index contributed by atoms with van der Waals surface area (Å²) in [6, 6.07) is 0. The van der Waals surface area contributed by atoms with Gasteiger partial charge in [-0.2, -0.15) is 0 Å². The second-order valence-electron chi connectivity index (χ2n) is 2.49. The summed E-state index contributed by atoms with van der Waals surface area (Å²) in [6.07, 6.45) is -0.974. The Morgan fingerprint density at radius 1 is 1.36 bits per heavy atom. The molecule has 0 saturated carbocycles. The Hall–Kier alpha value is -1.79. The van der Waals surface area contributed by atoms with Gasteiger partial charge in [-0.1, -0.05) is 10.2 Å². The van der Waals surface area contributed by atoms with E-state index in [-0.39, 0.29) is 0 Å². The number of hydrogen-bond donors (Lipinski definition) is 3. The van der Waals surface area contributed by atoms with E-state index < -0.39 is 24.8 Å². The van der Waals surface area contributed by atoms with Gasteiger partial charge in [-0.15, -0.1) is 0 Å². The van der Waals surface area contributed by atoms with Gasteiger partial charge in [-0.3, -0.25) is 0 Å². The first-order chi connectivity index (χ1) is 6.60. The van der Waals surface area contributed by atoms with Crippen LogP contribution in [0.2, 0.25) is 0 Å². The van der Waals surface area contributed by atoms with Crippen LogP contribution in [0.4, 0.5) is 0 Å². The molecule has 0 fully saturated rings. The van der Waals surface area contributed by atoms with Gasteiger partial charge in [0.15, 0.2) is 0 Å². The molecule has 0 bridgehead atoms. The summed E-state index contributed by atoms with van der Waals surface area (Å²) < 4.78 is 0. The summed E-state index contributed by atoms with van der Waals surface area (Å²) in [7, 11) is 0. The SMILES string of the molecule is [N-]=[N+]=NCC(O)(CN=[N+]=[N-])C(O)C=N. The van der Waals surface area contributed by atoms with Crippen LogP contribution in [0.1, 0.15) is 0 Å².